The van der Waals surface area contributed by atoms with Gasteiger partial charge in [-0.3, -0.25) is 0 Å². The fourth-order valence-electron chi connectivity index (χ4n) is 1.48. The van der Waals surface area contributed by atoms with Gasteiger partial charge in [-0.05, 0) is 38.0 Å². The molecule has 0 amide bonds. The molecule has 0 saturated heterocycles. The zero-order valence-electron chi connectivity index (χ0n) is 10.1. The molecule has 1 atom stereocenters. The lowest BCUT2D eigenvalue weighted by Gasteiger charge is -2.13. The lowest BCUT2D eigenvalue weighted by atomic mass is 10.1. The van der Waals surface area contributed by atoms with E-state index in [-0.39, 0.29) is 10.5 Å². The first-order valence-corrected chi connectivity index (χ1v) is 6.93. The molecule has 1 aromatic carbocycles. The van der Waals surface area contributed by atoms with Crippen LogP contribution in [0.15, 0.2) is 23.1 Å². The van der Waals surface area contributed by atoms with Crippen molar-refractivity contribution < 1.29 is 18.3 Å². The van der Waals surface area contributed by atoms with E-state index in [4.69, 9.17) is 5.11 Å². The maximum Gasteiger partial charge on any atom is 0.335 e. The van der Waals surface area contributed by atoms with Crippen LogP contribution in [-0.4, -0.2) is 24.7 Å². The Morgan fingerprint density at radius 3 is 2.47 bits per heavy atom. The number of carboxylic acids is 1. The molecule has 0 saturated carbocycles. The highest BCUT2D eigenvalue weighted by Crippen LogP contribution is 2.23. The van der Waals surface area contributed by atoms with Crippen molar-refractivity contribution in [1.29, 1.82) is 0 Å². The van der Waals surface area contributed by atoms with Gasteiger partial charge in [0, 0.05) is 0 Å². The highest BCUT2D eigenvalue weighted by atomic mass is 32.2. The largest absolute Gasteiger partial charge is 0.478 e. The van der Waals surface area contributed by atoms with Crippen LogP contribution in [0.1, 0.15) is 36.2 Å². The zero-order valence-corrected chi connectivity index (χ0v) is 10.9. The number of carbonyl (C=O) groups is 1. The zero-order chi connectivity index (χ0) is 13.2. The molecule has 0 aliphatic heterocycles. The van der Waals surface area contributed by atoms with Crippen LogP contribution in [0.5, 0.6) is 0 Å². The van der Waals surface area contributed by atoms with Gasteiger partial charge in [-0.15, -0.1) is 0 Å². The first-order valence-electron chi connectivity index (χ1n) is 5.38. The summed E-state index contributed by atoms with van der Waals surface area (Å²) >= 11 is 0. The predicted molar refractivity (Wildman–Crippen MR) is 65.1 cm³/mol. The molecule has 0 fully saturated rings. The van der Waals surface area contributed by atoms with Gasteiger partial charge in [-0.2, -0.15) is 0 Å². The first kappa shape index (κ1) is 13.7. The van der Waals surface area contributed by atoms with Crippen molar-refractivity contribution in [2.24, 2.45) is 0 Å². The standard InChI is InChI=1S/C12H16O4S/c1-4-9(3)17(15,16)11-7-10(12(13)14)6-5-8(11)2/h5-7,9H,4H2,1-3H3,(H,13,14). The summed E-state index contributed by atoms with van der Waals surface area (Å²) in [6, 6.07) is 4.17. The van der Waals surface area contributed by atoms with Crippen LogP contribution in [0.2, 0.25) is 0 Å². The lowest BCUT2D eigenvalue weighted by Crippen LogP contribution is -2.18. The molecule has 0 heterocycles. The van der Waals surface area contributed by atoms with Crippen LogP contribution >= 0.6 is 0 Å². The molecular formula is C12H16O4S. The number of benzene rings is 1. The van der Waals surface area contributed by atoms with E-state index in [2.05, 4.69) is 0 Å². The average Bonchev–Trinajstić information content (AvgIpc) is 2.27. The molecule has 1 unspecified atom stereocenters. The minimum atomic E-state index is -3.44. The number of hydrogen-bond acceptors (Lipinski definition) is 3. The summed E-state index contributed by atoms with van der Waals surface area (Å²) in [6.45, 7) is 5.09. The van der Waals surface area contributed by atoms with Gasteiger partial charge in [0.25, 0.3) is 0 Å². The van der Waals surface area contributed by atoms with Crippen molar-refractivity contribution >= 4 is 15.8 Å². The Balaban J connectivity index is 3.40. The van der Waals surface area contributed by atoms with Crippen molar-refractivity contribution in [3.63, 3.8) is 0 Å². The van der Waals surface area contributed by atoms with Gasteiger partial charge < -0.3 is 5.11 Å². The van der Waals surface area contributed by atoms with Gasteiger partial charge in [0.15, 0.2) is 9.84 Å². The highest BCUT2D eigenvalue weighted by Gasteiger charge is 2.24. The molecule has 1 aromatic rings. The molecule has 0 aliphatic rings. The summed E-state index contributed by atoms with van der Waals surface area (Å²) in [6.07, 6.45) is 0.499. The number of aryl methyl sites for hydroxylation is 1. The van der Waals surface area contributed by atoms with E-state index in [1.165, 1.54) is 18.2 Å². The molecule has 5 heteroatoms. The molecule has 1 rings (SSSR count). The van der Waals surface area contributed by atoms with E-state index in [1.807, 2.05) is 0 Å². The van der Waals surface area contributed by atoms with Crippen LogP contribution in [0.3, 0.4) is 0 Å². The number of sulfone groups is 1. The SMILES string of the molecule is CCC(C)S(=O)(=O)c1cc(C(=O)O)ccc1C. The molecule has 17 heavy (non-hydrogen) atoms. The third kappa shape index (κ3) is 2.66. The Hall–Kier alpha value is -1.36. The fraction of sp³-hybridized carbons (Fsp3) is 0.417. The summed E-state index contributed by atoms with van der Waals surface area (Å²) in [4.78, 5) is 11.0. The quantitative estimate of drug-likeness (QED) is 0.897. The summed E-state index contributed by atoms with van der Waals surface area (Å²) in [5, 5.41) is 8.36. The van der Waals surface area contributed by atoms with Crippen LogP contribution in [0, 0.1) is 6.92 Å². The Bertz CT molecular complexity index is 531. The van der Waals surface area contributed by atoms with Crippen molar-refractivity contribution in [3.05, 3.63) is 29.3 Å². The average molecular weight is 256 g/mol. The van der Waals surface area contributed by atoms with Crippen molar-refractivity contribution in [2.45, 2.75) is 37.3 Å². The summed E-state index contributed by atoms with van der Waals surface area (Å²) in [5.41, 5.74) is 0.577. The van der Waals surface area contributed by atoms with Gasteiger partial charge in [0.05, 0.1) is 15.7 Å². The van der Waals surface area contributed by atoms with Gasteiger partial charge in [0.1, 0.15) is 0 Å². The molecular weight excluding hydrogens is 240 g/mol. The van der Waals surface area contributed by atoms with Crippen LogP contribution in [0.4, 0.5) is 0 Å². The van der Waals surface area contributed by atoms with Crippen molar-refractivity contribution in [2.75, 3.05) is 0 Å². The smallest absolute Gasteiger partial charge is 0.335 e. The molecule has 4 nitrogen and oxygen atoms in total. The highest BCUT2D eigenvalue weighted by molar-refractivity contribution is 7.92. The van der Waals surface area contributed by atoms with Crippen LogP contribution in [0.25, 0.3) is 0 Å². The van der Waals surface area contributed by atoms with E-state index in [9.17, 15) is 13.2 Å². The normalized spacial score (nSPS) is 13.4. The lowest BCUT2D eigenvalue weighted by molar-refractivity contribution is 0.0696. The van der Waals surface area contributed by atoms with E-state index in [0.717, 1.165) is 0 Å². The van der Waals surface area contributed by atoms with E-state index in [1.54, 1.807) is 20.8 Å². The predicted octanol–water partition coefficient (Wildman–Crippen LogP) is 2.27. The molecule has 0 aliphatic carbocycles. The van der Waals surface area contributed by atoms with Crippen LogP contribution in [-0.2, 0) is 9.84 Å². The topological polar surface area (TPSA) is 71.4 Å². The maximum absolute atomic E-state index is 12.2. The third-order valence-electron chi connectivity index (χ3n) is 2.85. The Morgan fingerprint density at radius 1 is 1.41 bits per heavy atom. The number of hydrogen-bond donors (Lipinski definition) is 1. The Kier molecular flexibility index (Phi) is 3.93. The second-order valence-corrected chi connectivity index (χ2v) is 6.38. The first-order chi connectivity index (χ1) is 7.80. The fourth-order valence-corrected chi connectivity index (χ4v) is 3.16. The number of aromatic carboxylic acids is 1. The van der Waals surface area contributed by atoms with Gasteiger partial charge in [0.2, 0.25) is 0 Å². The Labute approximate surface area is 101 Å². The minimum absolute atomic E-state index is 0.00234. The molecule has 0 spiro atoms. The number of rotatable bonds is 4. The van der Waals surface area contributed by atoms with E-state index in [0.29, 0.717) is 12.0 Å². The van der Waals surface area contributed by atoms with Crippen molar-refractivity contribution in [3.8, 4) is 0 Å². The van der Waals surface area contributed by atoms with E-state index < -0.39 is 21.1 Å². The Morgan fingerprint density at radius 2 is 2.00 bits per heavy atom. The molecule has 94 valence electrons. The molecule has 0 aromatic heterocycles. The second-order valence-electron chi connectivity index (χ2n) is 4.05. The molecule has 0 bridgehead atoms. The van der Waals surface area contributed by atoms with Gasteiger partial charge >= 0.3 is 5.97 Å². The van der Waals surface area contributed by atoms with Crippen molar-refractivity contribution in [1.82, 2.24) is 0 Å². The second kappa shape index (κ2) is 4.87. The molecule has 1 N–H and O–H groups in total. The minimum Gasteiger partial charge on any atom is -0.478 e. The van der Waals surface area contributed by atoms with Gasteiger partial charge in [-0.25, -0.2) is 13.2 Å². The monoisotopic (exact) mass is 256 g/mol. The van der Waals surface area contributed by atoms with E-state index >= 15 is 0 Å². The van der Waals surface area contributed by atoms with Gasteiger partial charge in [-0.1, -0.05) is 13.0 Å². The van der Waals surface area contributed by atoms with Crippen LogP contribution < -0.4 is 0 Å². The molecule has 0 radical (unpaired) electrons. The summed E-state index contributed by atoms with van der Waals surface area (Å²) < 4.78 is 24.3. The maximum atomic E-state index is 12.2. The number of carboxylic acid groups (broad SMARTS) is 1. The third-order valence-corrected chi connectivity index (χ3v) is 5.29. The summed E-state index contributed by atoms with van der Waals surface area (Å²) in [7, 11) is -3.44. The summed E-state index contributed by atoms with van der Waals surface area (Å²) in [5.74, 6) is -1.12.